The predicted octanol–water partition coefficient (Wildman–Crippen LogP) is 0.932. The van der Waals surface area contributed by atoms with Crippen molar-refractivity contribution in [1.29, 1.82) is 0 Å². The number of aromatic nitrogens is 2. The van der Waals surface area contributed by atoms with Crippen LogP contribution in [0, 0.1) is 0 Å². The Morgan fingerprint density at radius 1 is 1.40 bits per heavy atom. The first-order valence-corrected chi connectivity index (χ1v) is 5.56. The second-order valence-electron chi connectivity index (χ2n) is 2.79. The average Bonchev–Trinajstić information content (AvgIpc) is 2.58. The van der Waals surface area contributed by atoms with Gasteiger partial charge in [-0.25, -0.2) is 4.79 Å². The summed E-state index contributed by atoms with van der Waals surface area (Å²) in [6.07, 6.45) is 1.32. The van der Waals surface area contributed by atoms with Gasteiger partial charge in [0, 0.05) is 6.20 Å². The molecule has 7 heteroatoms. The van der Waals surface area contributed by atoms with E-state index in [0.717, 1.165) is 3.79 Å². The lowest BCUT2D eigenvalue weighted by molar-refractivity contribution is 0.915. The molecule has 0 aliphatic carbocycles. The highest BCUT2D eigenvalue weighted by molar-refractivity contribution is 9.11. The molecule has 0 atom stereocenters. The number of aromatic amines is 1. The van der Waals surface area contributed by atoms with Crippen molar-refractivity contribution in [2.75, 3.05) is 5.73 Å². The van der Waals surface area contributed by atoms with Crippen molar-refractivity contribution in [3.8, 4) is 5.00 Å². The van der Waals surface area contributed by atoms with Crippen LogP contribution in [0.5, 0.6) is 0 Å². The first kappa shape index (κ1) is 10.2. The van der Waals surface area contributed by atoms with E-state index in [-0.39, 0.29) is 5.69 Å². The number of rotatable bonds is 1. The molecule has 0 radical (unpaired) electrons. The minimum Gasteiger partial charge on any atom is -0.393 e. The van der Waals surface area contributed by atoms with Crippen molar-refractivity contribution in [2.24, 2.45) is 0 Å². The molecule has 2 aromatic heterocycles. The van der Waals surface area contributed by atoms with Crippen LogP contribution in [0.1, 0.15) is 0 Å². The highest BCUT2D eigenvalue weighted by Gasteiger charge is 2.05. The van der Waals surface area contributed by atoms with Crippen LogP contribution in [0.15, 0.2) is 31.7 Å². The molecule has 2 aromatic rings. The minimum atomic E-state index is -0.563. The standard InChI is InChI=1S/C8H6BrN3O2S/c9-5-1-2-6(15-5)12-3-4(10)7(13)11-8(12)14/h1-3H,10H2,(H,11,13,14). The lowest BCUT2D eigenvalue weighted by Gasteiger charge is -2.01. The summed E-state index contributed by atoms with van der Waals surface area (Å²) in [6, 6.07) is 3.57. The normalized spacial score (nSPS) is 10.5. The largest absolute Gasteiger partial charge is 0.393 e. The number of nitrogen functional groups attached to an aromatic ring is 1. The maximum absolute atomic E-state index is 11.4. The van der Waals surface area contributed by atoms with Gasteiger partial charge >= 0.3 is 5.69 Å². The molecular formula is C8H6BrN3O2S. The van der Waals surface area contributed by atoms with E-state index in [2.05, 4.69) is 20.9 Å². The summed E-state index contributed by atoms with van der Waals surface area (Å²) in [4.78, 5) is 24.6. The lowest BCUT2D eigenvalue weighted by Crippen LogP contribution is -2.29. The zero-order valence-electron chi connectivity index (χ0n) is 7.36. The Hall–Kier alpha value is -1.34. The molecule has 0 amide bonds. The SMILES string of the molecule is Nc1cn(-c2ccc(Br)s2)c(=O)[nH]c1=O. The summed E-state index contributed by atoms with van der Waals surface area (Å²) in [6.45, 7) is 0. The second kappa shape index (κ2) is 3.67. The Balaban J connectivity index is 2.68. The first-order valence-electron chi connectivity index (χ1n) is 3.95. The molecule has 0 spiro atoms. The van der Waals surface area contributed by atoms with Gasteiger partial charge in [0.15, 0.2) is 0 Å². The summed E-state index contributed by atoms with van der Waals surface area (Å²) < 4.78 is 2.20. The smallest absolute Gasteiger partial charge is 0.333 e. The molecule has 0 saturated heterocycles. The van der Waals surface area contributed by atoms with Crippen molar-refractivity contribution < 1.29 is 0 Å². The van der Waals surface area contributed by atoms with E-state index < -0.39 is 11.2 Å². The molecule has 2 heterocycles. The van der Waals surface area contributed by atoms with E-state index in [1.807, 2.05) is 6.07 Å². The van der Waals surface area contributed by atoms with Gasteiger partial charge in [-0.05, 0) is 28.1 Å². The molecule has 0 fully saturated rings. The minimum absolute atomic E-state index is 0.0131. The Labute approximate surface area is 96.3 Å². The Morgan fingerprint density at radius 3 is 2.73 bits per heavy atom. The summed E-state index contributed by atoms with van der Waals surface area (Å²) >= 11 is 4.66. The van der Waals surface area contributed by atoms with Gasteiger partial charge in [0.2, 0.25) is 0 Å². The molecule has 78 valence electrons. The lowest BCUT2D eigenvalue weighted by atomic mass is 10.5. The van der Waals surface area contributed by atoms with Gasteiger partial charge < -0.3 is 5.73 Å². The molecule has 0 aliphatic rings. The number of halogens is 1. The highest BCUT2D eigenvalue weighted by Crippen LogP contribution is 2.24. The van der Waals surface area contributed by atoms with Crippen molar-refractivity contribution in [3.63, 3.8) is 0 Å². The van der Waals surface area contributed by atoms with E-state index in [1.54, 1.807) is 6.07 Å². The van der Waals surface area contributed by atoms with Crippen LogP contribution in [0.25, 0.3) is 5.00 Å². The maximum Gasteiger partial charge on any atom is 0.333 e. The van der Waals surface area contributed by atoms with Crippen LogP contribution < -0.4 is 17.0 Å². The van der Waals surface area contributed by atoms with Gasteiger partial charge in [-0.15, -0.1) is 11.3 Å². The first-order chi connectivity index (χ1) is 7.08. The maximum atomic E-state index is 11.4. The molecule has 0 aromatic carbocycles. The zero-order valence-corrected chi connectivity index (χ0v) is 9.76. The Morgan fingerprint density at radius 2 is 2.13 bits per heavy atom. The fraction of sp³-hybridized carbons (Fsp3) is 0. The van der Waals surface area contributed by atoms with Gasteiger partial charge in [-0.3, -0.25) is 14.3 Å². The number of hydrogen-bond donors (Lipinski definition) is 2. The molecule has 3 N–H and O–H groups in total. The van der Waals surface area contributed by atoms with E-state index in [1.165, 1.54) is 22.1 Å². The van der Waals surface area contributed by atoms with Gasteiger partial charge in [0.05, 0.1) is 3.79 Å². The monoisotopic (exact) mass is 287 g/mol. The summed E-state index contributed by atoms with van der Waals surface area (Å²) in [5.74, 6) is 0. The van der Waals surface area contributed by atoms with Gasteiger partial charge in [-0.2, -0.15) is 0 Å². The highest BCUT2D eigenvalue weighted by atomic mass is 79.9. The van der Waals surface area contributed by atoms with Crippen LogP contribution >= 0.6 is 27.3 Å². The zero-order chi connectivity index (χ0) is 11.0. The van der Waals surface area contributed by atoms with E-state index in [0.29, 0.717) is 5.00 Å². The molecule has 0 bridgehead atoms. The number of hydrogen-bond acceptors (Lipinski definition) is 4. The van der Waals surface area contributed by atoms with Crippen molar-refractivity contribution in [1.82, 2.24) is 9.55 Å². The number of nitrogens with two attached hydrogens (primary N) is 1. The molecule has 0 saturated carbocycles. The van der Waals surface area contributed by atoms with Gasteiger partial charge in [-0.1, -0.05) is 0 Å². The summed E-state index contributed by atoms with van der Waals surface area (Å²) in [5, 5.41) is 0.690. The molecule has 15 heavy (non-hydrogen) atoms. The quantitative estimate of drug-likeness (QED) is 0.819. The summed E-state index contributed by atoms with van der Waals surface area (Å²) in [7, 11) is 0. The number of nitrogens with one attached hydrogen (secondary N) is 1. The number of thiophene rings is 1. The van der Waals surface area contributed by atoms with Crippen LogP contribution in [-0.2, 0) is 0 Å². The number of nitrogens with zero attached hydrogens (tertiary/aromatic N) is 1. The van der Waals surface area contributed by atoms with Crippen molar-refractivity contribution >= 4 is 33.0 Å². The van der Waals surface area contributed by atoms with Gasteiger partial charge in [0.1, 0.15) is 10.7 Å². The van der Waals surface area contributed by atoms with Crippen LogP contribution in [0.4, 0.5) is 5.69 Å². The average molecular weight is 288 g/mol. The third kappa shape index (κ3) is 1.88. The Bertz CT molecular complexity index is 613. The fourth-order valence-corrected chi connectivity index (χ4v) is 2.42. The Kier molecular flexibility index (Phi) is 2.49. The third-order valence-electron chi connectivity index (χ3n) is 1.77. The van der Waals surface area contributed by atoms with Crippen LogP contribution in [-0.4, -0.2) is 9.55 Å². The van der Waals surface area contributed by atoms with Crippen LogP contribution in [0.2, 0.25) is 0 Å². The van der Waals surface area contributed by atoms with E-state index >= 15 is 0 Å². The molecule has 0 aliphatic heterocycles. The van der Waals surface area contributed by atoms with Crippen LogP contribution in [0.3, 0.4) is 0 Å². The van der Waals surface area contributed by atoms with E-state index in [9.17, 15) is 9.59 Å². The topological polar surface area (TPSA) is 80.9 Å². The second-order valence-corrected chi connectivity index (χ2v) is 5.23. The summed E-state index contributed by atoms with van der Waals surface area (Å²) in [5.41, 5.74) is 4.38. The van der Waals surface area contributed by atoms with Crippen molar-refractivity contribution in [2.45, 2.75) is 0 Å². The number of H-pyrrole nitrogens is 1. The van der Waals surface area contributed by atoms with Crippen molar-refractivity contribution in [3.05, 3.63) is 43.0 Å². The van der Waals surface area contributed by atoms with Gasteiger partial charge in [0.25, 0.3) is 5.56 Å². The number of anilines is 1. The predicted molar refractivity (Wildman–Crippen MR) is 62.6 cm³/mol. The molecular weight excluding hydrogens is 282 g/mol. The molecule has 2 rings (SSSR count). The fourth-order valence-electron chi connectivity index (χ4n) is 1.08. The molecule has 0 unspecified atom stereocenters. The molecule has 5 nitrogen and oxygen atoms in total. The van der Waals surface area contributed by atoms with E-state index in [4.69, 9.17) is 5.73 Å². The third-order valence-corrected chi connectivity index (χ3v) is 3.39.